The van der Waals surface area contributed by atoms with Gasteiger partial charge in [-0.2, -0.15) is 0 Å². The Morgan fingerprint density at radius 1 is 1.27 bits per heavy atom. The quantitative estimate of drug-likeness (QED) is 0.575. The van der Waals surface area contributed by atoms with E-state index in [1.165, 1.54) is 19.4 Å². The van der Waals surface area contributed by atoms with Gasteiger partial charge in [-0.3, -0.25) is 0 Å². The molecule has 0 aromatic heterocycles. The van der Waals surface area contributed by atoms with Crippen molar-refractivity contribution < 1.29 is 5.11 Å². The van der Waals surface area contributed by atoms with Gasteiger partial charge >= 0.3 is 0 Å². The van der Waals surface area contributed by atoms with E-state index in [2.05, 4.69) is 5.32 Å². The third-order valence-corrected chi connectivity index (χ3v) is 3.97. The van der Waals surface area contributed by atoms with Crippen LogP contribution in [-0.2, 0) is 0 Å². The van der Waals surface area contributed by atoms with E-state index in [9.17, 15) is 5.11 Å². The number of fused-ring (bicyclic) bond motifs is 2. The third-order valence-electron chi connectivity index (χ3n) is 3.97. The van der Waals surface area contributed by atoms with Crippen LogP contribution in [0.2, 0.25) is 0 Å². The van der Waals surface area contributed by atoms with Crippen LogP contribution in [0.5, 0.6) is 0 Å². The Bertz CT molecular complexity index is 186. The molecule has 2 nitrogen and oxygen atoms in total. The van der Waals surface area contributed by atoms with Crippen LogP contribution in [0.25, 0.3) is 0 Å². The maximum atomic E-state index is 10.0. The summed E-state index contributed by atoms with van der Waals surface area (Å²) < 4.78 is 0. The van der Waals surface area contributed by atoms with Crippen molar-refractivity contribution >= 4 is 0 Å². The van der Waals surface area contributed by atoms with Gasteiger partial charge < -0.3 is 10.4 Å². The molecule has 2 heterocycles. The van der Waals surface area contributed by atoms with Crippen molar-refractivity contribution in [3.8, 4) is 0 Å². The molecule has 0 aromatic rings. The lowest BCUT2D eigenvalue weighted by Gasteiger charge is -2.55. The van der Waals surface area contributed by atoms with Gasteiger partial charge in [-0.1, -0.05) is 0 Å². The lowest BCUT2D eigenvalue weighted by Crippen LogP contribution is -2.61. The fourth-order valence-corrected chi connectivity index (χ4v) is 3.04. The van der Waals surface area contributed by atoms with Crippen LogP contribution >= 0.6 is 0 Å². The maximum Gasteiger partial charge on any atom is 0.0718 e. The Kier molecular flexibility index (Phi) is 0.961. The van der Waals surface area contributed by atoms with E-state index in [0.29, 0.717) is 5.41 Å². The van der Waals surface area contributed by atoms with Crippen LogP contribution in [-0.4, -0.2) is 23.8 Å². The molecule has 4 fully saturated rings. The highest BCUT2D eigenvalue weighted by Crippen LogP contribution is 2.63. The van der Waals surface area contributed by atoms with Crippen molar-refractivity contribution in [1.82, 2.24) is 5.32 Å². The monoisotopic (exact) mass is 153 g/mol. The molecule has 2 bridgehead atoms. The Morgan fingerprint density at radius 3 is 2.45 bits per heavy atom. The number of rotatable bonds is 1. The van der Waals surface area contributed by atoms with E-state index in [-0.39, 0.29) is 5.60 Å². The van der Waals surface area contributed by atoms with Crippen LogP contribution in [0.1, 0.15) is 25.7 Å². The highest BCUT2D eigenvalue weighted by Gasteiger charge is 2.64. The summed E-state index contributed by atoms with van der Waals surface area (Å²) in [7, 11) is 0. The largest absolute Gasteiger partial charge is 0.389 e. The smallest absolute Gasteiger partial charge is 0.0718 e. The Morgan fingerprint density at radius 2 is 2.00 bits per heavy atom. The minimum absolute atomic E-state index is 0.239. The zero-order valence-electron chi connectivity index (χ0n) is 6.77. The van der Waals surface area contributed by atoms with Crippen molar-refractivity contribution in [2.24, 2.45) is 11.3 Å². The number of nitrogens with one attached hydrogen (secondary N) is 1. The predicted molar refractivity (Wildman–Crippen MR) is 42.2 cm³/mol. The average Bonchev–Trinajstić information content (AvgIpc) is 2.69. The maximum absolute atomic E-state index is 10.0. The molecular formula is C9H15NO. The molecule has 0 spiro atoms. The van der Waals surface area contributed by atoms with Gasteiger partial charge in [0.2, 0.25) is 0 Å². The van der Waals surface area contributed by atoms with E-state index in [4.69, 9.17) is 0 Å². The van der Waals surface area contributed by atoms with E-state index in [1.807, 2.05) is 0 Å². The molecule has 4 aliphatic rings. The van der Waals surface area contributed by atoms with Gasteiger partial charge in [0.15, 0.2) is 0 Å². The van der Waals surface area contributed by atoms with Gasteiger partial charge in [-0.25, -0.2) is 0 Å². The number of hydrogen-bond donors (Lipinski definition) is 2. The molecule has 2 aliphatic carbocycles. The van der Waals surface area contributed by atoms with E-state index < -0.39 is 0 Å². The first-order valence-corrected chi connectivity index (χ1v) is 4.67. The minimum atomic E-state index is -0.239. The second-order valence-corrected chi connectivity index (χ2v) is 4.72. The molecule has 2 heteroatoms. The van der Waals surface area contributed by atoms with E-state index >= 15 is 0 Å². The first kappa shape index (κ1) is 6.44. The standard InChI is InChI=1S/C9H15NO/c11-9(1-2-9)8-3-7(4-8)5-10-6-8/h7,10-11H,1-6H2. The van der Waals surface area contributed by atoms with Crippen LogP contribution in [0.15, 0.2) is 0 Å². The summed E-state index contributed by atoms with van der Waals surface area (Å²) in [5, 5.41) is 13.4. The van der Waals surface area contributed by atoms with Gasteiger partial charge in [-0.05, 0) is 38.1 Å². The lowest BCUT2D eigenvalue weighted by atomic mass is 9.55. The predicted octanol–water partition coefficient (Wildman–Crippen LogP) is 0.511. The van der Waals surface area contributed by atoms with E-state index in [1.54, 1.807) is 0 Å². The molecule has 2 saturated heterocycles. The first-order chi connectivity index (χ1) is 5.24. The first-order valence-electron chi connectivity index (χ1n) is 4.67. The highest BCUT2D eigenvalue weighted by molar-refractivity contribution is 5.17. The minimum Gasteiger partial charge on any atom is -0.389 e. The normalized spacial score (nSPS) is 51.5. The van der Waals surface area contributed by atoms with Gasteiger partial charge in [0.25, 0.3) is 0 Å². The summed E-state index contributed by atoms with van der Waals surface area (Å²) in [4.78, 5) is 0. The Hall–Kier alpha value is -0.0800. The summed E-state index contributed by atoms with van der Waals surface area (Å²) in [6, 6.07) is 0. The highest BCUT2D eigenvalue weighted by atomic mass is 16.3. The van der Waals surface area contributed by atoms with Crippen molar-refractivity contribution in [3.63, 3.8) is 0 Å². The van der Waals surface area contributed by atoms with Gasteiger partial charge in [0, 0.05) is 12.0 Å². The number of hydrogen-bond acceptors (Lipinski definition) is 2. The van der Waals surface area contributed by atoms with Crippen LogP contribution < -0.4 is 5.32 Å². The van der Waals surface area contributed by atoms with Crippen LogP contribution in [0, 0.1) is 11.3 Å². The number of aliphatic hydroxyl groups is 1. The molecule has 2 N–H and O–H groups in total. The Labute approximate surface area is 67.0 Å². The molecule has 0 amide bonds. The molecule has 0 unspecified atom stereocenters. The molecular weight excluding hydrogens is 138 g/mol. The van der Waals surface area contributed by atoms with Gasteiger partial charge in [0.1, 0.15) is 0 Å². The van der Waals surface area contributed by atoms with E-state index in [0.717, 1.165) is 25.3 Å². The second-order valence-electron chi connectivity index (χ2n) is 4.72. The third kappa shape index (κ3) is 0.651. The topological polar surface area (TPSA) is 32.3 Å². The molecule has 0 radical (unpaired) electrons. The summed E-state index contributed by atoms with van der Waals surface area (Å²) in [5.74, 6) is 0.883. The second kappa shape index (κ2) is 1.64. The van der Waals surface area contributed by atoms with Crippen LogP contribution in [0.4, 0.5) is 0 Å². The number of piperidine rings is 2. The zero-order valence-corrected chi connectivity index (χ0v) is 6.77. The van der Waals surface area contributed by atoms with Crippen molar-refractivity contribution in [1.29, 1.82) is 0 Å². The van der Waals surface area contributed by atoms with Crippen molar-refractivity contribution in [3.05, 3.63) is 0 Å². The summed E-state index contributed by atoms with van der Waals surface area (Å²) in [6.07, 6.45) is 4.69. The fraction of sp³-hybridized carbons (Fsp3) is 1.00. The van der Waals surface area contributed by atoms with Gasteiger partial charge in [-0.15, -0.1) is 0 Å². The van der Waals surface area contributed by atoms with Crippen molar-refractivity contribution in [2.75, 3.05) is 13.1 Å². The molecule has 0 atom stereocenters. The fourth-order valence-electron chi connectivity index (χ4n) is 3.04. The summed E-state index contributed by atoms with van der Waals surface area (Å²) in [5.41, 5.74) is 0.0762. The lowest BCUT2D eigenvalue weighted by molar-refractivity contribution is -0.108. The average molecular weight is 153 g/mol. The zero-order chi connectivity index (χ0) is 7.53. The molecule has 62 valence electrons. The molecule has 0 aromatic carbocycles. The van der Waals surface area contributed by atoms with Gasteiger partial charge in [0.05, 0.1) is 5.60 Å². The SMILES string of the molecule is OC1(C23CNCC(C2)C3)CC1. The van der Waals surface area contributed by atoms with Crippen molar-refractivity contribution in [2.45, 2.75) is 31.3 Å². The molecule has 2 saturated carbocycles. The summed E-state index contributed by atoms with van der Waals surface area (Å²) >= 11 is 0. The molecule has 4 rings (SSSR count). The molecule has 11 heavy (non-hydrogen) atoms. The Balaban J connectivity index is 1.85. The molecule has 2 aliphatic heterocycles. The van der Waals surface area contributed by atoms with Crippen LogP contribution in [0.3, 0.4) is 0 Å². The summed E-state index contributed by atoms with van der Waals surface area (Å²) in [6.45, 7) is 2.26.